The summed E-state index contributed by atoms with van der Waals surface area (Å²) in [6.07, 6.45) is 6.62. The molecule has 0 radical (unpaired) electrons. The highest BCUT2D eigenvalue weighted by Crippen LogP contribution is 2.46. The van der Waals surface area contributed by atoms with E-state index >= 15 is 0 Å². The number of rotatable bonds is 11. The first-order valence-electron chi connectivity index (χ1n) is 14.2. The fraction of sp³-hybridized carbons (Fsp3) is 0.531. The van der Waals surface area contributed by atoms with Gasteiger partial charge in [0.15, 0.2) is 5.54 Å². The quantitative estimate of drug-likeness (QED) is 0.364. The molecule has 2 aromatic rings. The fourth-order valence-corrected chi connectivity index (χ4v) is 6.88. The number of hydrogen-bond acceptors (Lipinski definition) is 7. The van der Waals surface area contributed by atoms with Gasteiger partial charge in [0.05, 0.1) is 26.6 Å². The molecule has 40 heavy (non-hydrogen) atoms. The lowest BCUT2D eigenvalue weighted by atomic mass is 9.69. The Morgan fingerprint density at radius 3 is 2.40 bits per heavy atom. The lowest BCUT2D eigenvalue weighted by molar-refractivity contribution is -0.151. The van der Waals surface area contributed by atoms with Gasteiger partial charge in [-0.25, -0.2) is 9.18 Å². The van der Waals surface area contributed by atoms with Crippen LogP contribution >= 0.6 is 0 Å². The molecule has 2 aliphatic rings. The topological polar surface area (TPSA) is 71.4 Å². The van der Waals surface area contributed by atoms with Crippen LogP contribution in [0.5, 0.6) is 0 Å². The predicted octanol–water partition coefficient (Wildman–Crippen LogP) is 5.06. The molecule has 0 spiro atoms. The number of methoxy groups -OCH3 is 2. The predicted molar refractivity (Wildman–Crippen MR) is 153 cm³/mol. The third-order valence-electron chi connectivity index (χ3n) is 8.72. The molecule has 1 saturated carbocycles. The van der Waals surface area contributed by atoms with Crippen LogP contribution in [0.15, 0.2) is 59.6 Å². The average Bonchev–Trinajstić information content (AvgIpc) is 3.34. The largest absolute Gasteiger partial charge is 0.469 e. The van der Waals surface area contributed by atoms with E-state index in [1.54, 1.807) is 18.5 Å². The molecule has 4 rings (SSSR count). The Kier molecular flexibility index (Phi) is 9.95. The average molecular weight is 552 g/mol. The fourth-order valence-electron chi connectivity index (χ4n) is 6.88. The van der Waals surface area contributed by atoms with E-state index in [0.29, 0.717) is 12.5 Å². The summed E-state index contributed by atoms with van der Waals surface area (Å²) >= 11 is 0. The second-order valence-corrected chi connectivity index (χ2v) is 11.3. The molecule has 0 saturated heterocycles. The number of ether oxygens (including phenoxy) is 2. The van der Waals surface area contributed by atoms with Crippen molar-refractivity contribution >= 4 is 18.3 Å². The van der Waals surface area contributed by atoms with Crippen molar-refractivity contribution in [3.05, 3.63) is 71.5 Å². The van der Waals surface area contributed by atoms with Gasteiger partial charge < -0.3 is 19.3 Å². The van der Waals surface area contributed by atoms with Gasteiger partial charge in [0.1, 0.15) is 5.82 Å². The van der Waals surface area contributed by atoms with Crippen LogP contribution in [0.2, 0.25) is 0 Å². The highest BCUT2D eigenvalue weighted by Gasteiger charge is 2.55. The van der Waals surface area contributed by atoms with Gasteiger partial charge in [-0.3, -0.25) is 9.79 Å². The number of carbonyl (C=O) groups is 2. The van der Waals surface area contributed by atoms with E-state index in [9.17, 15) is 14.0 Å². The highest BCUT2D eigenvalue weighted by molar-refractivity contribution is 5.87. The van der Waals surface area contributed by atoms with Gasteiger partial charge >= 0.3 is 11.9 Å². The first-order chi connectivity index (χ1) is 19.3. The Morgan fingerprint density at radius 2 is 1.77 bits per heavy atom. The molecule has 1 aliphatic carbocycles. The van der Waals surface area contributed by atoms with Gasteiger partial charge in [0.2, 0.25) is 0 Å². The molecule has 1 fully saturated rings. The van der Waals surface area contributed by atoms with Crippen molar-refractivity contribution in [2.24, 2.45) is 16.8 Å². The Balaban J connectivity index is 1.58. The first kappa shape index (κ1) is 29.7. The molecule has 0 aromatic heterocycles. The molecular formula is C32H42FN3O4. The maximum absolute atomic E-state index is 14.1. The monoisotopic (exact) mass is 551 g/mol. The summed E-state index contributed by atoms with van der Waals surface area (Å²) < 4.78 is 24.3. The molecule has 0 bridgehead atoms. The molecule has 1 aliphatic heterocycles. The van der Waals surface area contributed by atoms with E-state index < -0.39 is 11.5 Å². The van der Waals surface area contributed by atoms with Crippen molar-refractivity contribution in [2.45, 2.75) is 62.6 Å². The molecular weight excluding hydrogens is 509 g/mol. The number of hydrogen-bond donors (Lipinski definition) is 0. The van der Waals surface area contributed by atoms with Gasteiger partial charge in [-0.2, -0.15) is 0 Å². The van der Waals surface area contributed by atoms with Crippen LogP contribution < -0.4 is 0 Å². The maximum atomic E-state index is 14.1. The van der Waals surface area contributed by atoms with E-state index in [4.69, 9.17) is 14.5 Å². The Bertz CT molecular complexity index is 1170. The zero-order chi connectivity index (χ0) is 28.7. The number of benzene rings is 2. The normalized spacial score (nSPS) is 25.1. The number of nitrogens with zero attached hydrogens (tertiary/aromatic N) is 3. The minimum Gasteiger partial charge on any atom is -0.469 e. The molecule has 3 atom stereocenters. The standard InChI is InChI=1S/C32H42FN3O4/c1-35(2)29(26-11-8-12-27(33)21-26)24-13-15-25(16-14-24)30-32(31(38)40-4,19-17-28(37)39-3)34-22-36(30)20-18-23-9-6-5-7-10-23/h5-12,21-22,24-25,29-30H,13-20H2,1-4H3. The van der Waals surface area contributed by atoms with Crippen molar-refractivity contribution < 1.29 is 23.5 Å². The molecule has 8 heteroatoms. The lowest BCUT2D eigenvalue weighted by Gasteiger charge is -2.44. The minimum atomic E-state index is -1.17. The first-order valence-corrected chi connectivity index (χ1v) is 14.2. The number of esters is 2. The van der Waals surface area contributed by atoms with E-state index in [0.717, 1.165) is 37.7 Å². The van der Waals surface area contributed by atoms with Gasteiger partial charge in [0, 0.05) is 19.0 Å². The van der Waals surface area contributed by atoms with Crippen LogP contribution in [0.4, 0.5) is 4.39 Å². The maximum Gasteiger partial charge on any atom is 0.336 e. The van der Waals surface area contributed by atoms with E-state index in [2.05, 4.69) is 21.9 Å². The molecule has 0 N–H and O–H groups in total. The molecule has 3 unspecified atom stereocenters. The number of halogens is 1. The smallest absolute Gasteiger partial charge is 0.336 e. The molecule has 7 nitrogen and oxygen atoms in total. The van der Waals surface area contributed by atoms with Crippen molar-refractivity contribution in [1.82, 2.24) is 9.80 Å². The third-order valence-corrected chi connectivity index (χ3v) is 8.72. The zero-order valence-corrected chi connectivity index (χ0v) is 24.1. The van der Waals surface area contributed by atoms with Crippen molar-refractivity contribution in [3.63, 3.8) is 0 Å². The Morgan fingerprint density at radius 1 is 1.05 bits per heavy atom. The molecule has 216 valence electrons. The highest BCUT2D eigenvalue weighted by atomic mass is 19.1. The Labute approximate surface area is 237 Å². The van der Waals surface area contributed by atoms with E-state index in [1.807, 2.05) is 38.4 Å². The van der Waals surface area contributed by atoms with Crippen molar-refractivity contribution in [3.8, 4) is 0 Å². The number of carbonyl (C=O) groups excluding carboxylic acids is 2. The summed E-state index contributed by atoms with van der Waals surface area (Å²) in [4.78, 5) is 34.8. The van der Waals surface area contributed by atoms with Crippen LogP contribution in [0, 0.1) is 17.7 Å². The molecule has 1 heterocycles. The SMILES string of the molecule is COC(=O)CCC1(C(=O)OC)N=CN(CCc2ccccc2)C1C1CCC(C(c2cccc(F)c2)N(C)C)CC1. The summed E-state index contributed by atoms with van der Waals surface area (Å²) in [5.74, 6) is -0.457. The van der Waals surface area contributed by atoms with E-state index in [1.165, 1.54) is 25.8 Å². The van der Waals surface area contributed by atoms with Gasteiger partial charge in [-0.05, 0) is 87.7 Å². The van der Waals surface area contributed by atoms with Crippen LogP contribution in [0.25, 0.3) is 0 Å². The molecule has 0 amide bonds. The minimum absolute atomic E-state index is 0.0869. The van der Waals surface area contributed by atoms with E-state index in [-0.39, 0.29) is 42.6 Å². The van der Waals surface area contributed by atoms with Gasteiger partial charge in [-0.1, -0.05) is 42.5 Å². The second kappa shape index (κ2) is 13.4. The van der Waals surface area contributed by atoms with Crippen LogP contribution in [-0.2, 0) is 25.5 Å². The summed E-state index contributed by atoms with van der Waals surface area (Å²) in [5.41, 5.74) is 1.04. The molecule has 2 aromatic carbocycles. The second-order valence-electron chi connectivity index (χ2n) is 11.3. The van der Waals surface area contributed by atoms with Gasteiger partial charge in [0.25, 0.3) is 0 Å². The Hall–Kier alpha value is -3.26. The summed E-state index contributed by atoms with van der Waals surface area (Å²) in [5, 5.41) is 0. The summed E-state index contributed by atoms with van der Waals surface area (Å²) in [6.45, 7) is 0.707. The van der Waals surface area contributed by atoms with Crippen molar-refractivity contribution in [2.75, 3.05) is 34.9 Å². The zero-order valence-electron chi connectivity index (χ0n) is 24.1. The summed E-state index contributed by atoms with van der Waals surface area (Å²) in [6, 6.07) is 17.1. The third kappa shape index (κ3) is 6.54. The van der Waals surface area contributed by atoms with Crippen LogP contribution in [-0.4, -0.2) is 74.5 Å². The lowest BCUT2D eigenvalue weighted by Crippen LogP contribution is -2.56. The van der Waals surface area contributed by atoms with Crippen LogP contribution in [0.3, 0.4) is 0 Å². The van der Waals surface area contributed by atoms with Crippen LogP contribution in [0.1, 0.15) is 55.7 Å². The number of aliphatic imine (C=N–C) groups is 1. The van der Waals surface area contributed by atoms with Gasteiger partial charge in [-0.15, -0.1) is 0 Å². The van der Waals surface area contributed by atoms with Crippen molar-refractivity contribution in [1.29, 1.82) is 0 Å². The summed E-state index contributed by atoms with van der Waals surface area (Å²) in [7, 11) is 6.84.